The fourth-order valence-electron chi connectivity index (χ4n) is 1.11. The van der Waals surface area contributed by atoms with E-state index in [0.717, 1.165) is 17.4 Å². The number of benzene rings is 1. The van der Waals surface area contributed by atoms with E-state index in [4.69, 9.17) is 5.11 Å². The van der Waals surface area contributed by atoms with Crippen LogP contribution in [0.5, 0.6) is 5.75 Å². The number of hydrogen-bond acceptors (Lipinski definition) is 4. The van der Waals surface area contributed by atoms with Crippen molar-refractivity contribution in [3.8, 4) is 5.75 Å². The summed E-state index contributed by atoms with van der Waals surface area (Å²) in [6, 6.07) is 2.27. The summed E-state index contributed by atoms with van der Waals surface area (Å²) in [5.74, 6) is -0.722. The highest BCUT2D eigenvalue weighted by Gasteiger charge is 2.12. The summed E-state index contributed by atoms with van der Waals surface area (Å²) in [4.78, 5) is 14.1. The molecule has 78 valence electrons. The van der Waals surface area contributed by atoms with Crippen molar-refractivity contribution in [3.63, 3.8) is 0 Å². The average molecular weight is 228 g/mol. The standard InChI is InChI=1S/C8H5FN2O3S/c9-3-1-2-4(12)5-6(3)15-7(10-5)11-8(13)14/h1-2,12H,(H,10,11)(H,13,14). The van der Waals surface area contributed by atoms with Gasteiger partial charge in [0.1, 0.15) is 17.1 Å². The SMILES string of the molecule is O=C(O)Nc1nc2c(O)ccc(F)c2s1. The molecule has 0 spiro atoms. The number of phenolic OH excluding ortho intramolecular Hbond substituents is 1. The lowest BCUT2D eigenvalue weighted by Crippen LogP contribution is -2.06. The normalized spacial score (nSPS) is 10.5. The zero-order valence-corrected chi connectivity index (χ0v) is 8.01. The van der Waals surface area contributed by atoms with E-state index in [-0.39, 0.29) is 21.1 Å². The summed E-state index contributed by atoms with van der Waals surface area (Å²) in [6.45, 7) is 0. The third-order valence-electron chi connectivity index (χ3n) is 1.69. The zero-order chi connectivity index (χ0) is 11.0. The van der Waals surface area contributed by atoms with E-state index in [0.29, 0.717) is 0 Å². The van der Waals surface area contributed by atoms with Gasteiger partial charge in [-0.25, -0.2) is 14.2 Å². The van der Waals surface area contributed by atoms with E-state index >= 15 is 0 Å². The Morgan fingerprint density at radius 3 is 2.87 bits per heavy atom. The molecule has 0 aliphatic heterocycles. The van der Waals surface area contributed by atoms with Gasteiger partial charge in [-0.05, 0) is 12.1 Å². The minimum Gasteiger partial charge on any atom is -0.506 e. The van der Waals surface area contributed by atoms with E-state index in [1.54, 1.807) is 0 Å². The van der Waals surface area contributed by atoms with Gasteiger partial charge < -0.3 is 10.2 Å². The van der Waals surface area contributed by atoms with Gasteiger partial charge in [0.25, 0.3) is 0 Å². The number of fused-ring (bicyclic) bond motifs is 1. The van der Waals surface area contributed by atoms with Crippen molar-refractivity contribution in [2.45, 2.75) is 0 Å². The molecule has 1 aromatic heterocycles. The molecule has 15 heavy (non-hydrogen) atoms. The molecule has 2 aromatic rings. The Morgan fingerprint density at radius 2 is 2.27 bits per heavy atom. The molecule has 3 N–H and O–H groups in total. The maximum absolute atomic E-state index is 13.2. The number of nitrogens with zero attached hydrogens (tertiary/aromatic N) is 1. The molecule has 7 heteroatoms. The van der Waals surface area contributed by atoms with Crippen molar-refractivity contribution in [1.82, 2.24) is 4.98 Å². The van der Waals surface area contributed by atoms with E-state index < -0.39 is 11.9 Å². The number of halogens is 1. The minimum atomic E-state index is -1.28. The number of aromatic nitrogens is 1. The molecular formula is C8H5FN2O3S. The molecule has 0 fully saturated rings. The maximum atomic E-state index is 13.2. The Morgan fingerprint density at radius 1 is 1.53 bits per heavy atom. The monoisotopic (exact) mass is 228 g/mol. The van der Waals surface area contributed by atoms with Gasteiger partial charge in [0.05, 0.1) is 4.70 Å². The zero-order valence-electron chi connectivity index (χ0n) is 7.19. The lowest BCUT2D eigenvalue weighted by atomic mass is 10.3. The van der Waals surface area contributed by atoms with Gasteiger partial charge in [0.2, 0.25) is 0 Å². The molecule has 0 bridgehead atoms. The Labute approximate surface area is 86.8 Å². The van der Waals surface area contributed by atoms with Gasteiger partial charge in [-0.15, -0.1) is 0 Å². The van der Waals surface area contributed by atoms with Gasteiger partial charge >= 0.3 is 6.09 Å². The summed E-state index contributed by atoms with van der Waals surface area (Å²) in [5, 5.41) is 19.8. The molecule has 0 saturated carbocycles. The van der Waals surface area contributed by atoms with Crippen molar-refractivity contribution in [3.05, 3.63) is 17.9 Å². The second-order valence-corrected chi connectivity index (χ2v) is 3.69. The van der Waals surface area contributed by atoms with Crippen LogP contribution in [0.3, 0.4) is 0 Å². The second-order valence-electron chi connectivity index (χ2n) is 2.69. The molecule has 0 unspecified atom stereocenters. The third kappa shape index (κ3) is 1.68. The minimum absolute atomic E-state index is 0.0258. The first-order chi connectivity index (χ1) is 7.08. The predicted octanol–water partition coefficient (Wildman–Crippen LogP) is 2.23. The number of carboxylic acid groups (broad SMARTS) is 1. The molecule has 1 aromatic carbocycles. The van der Waals surface area contributed by atoms with E-state index in [9.17, 15) is 14.3 Å². The lowest BCUT2D eigenvalue weighted by Gasteiger charge is -1.92. The van der Waals surface area contributed by atoms with Crippen LogP contribution >= 0.6 is 11.3 Å². The first kappa shape index (κ1) is 9.66. The van der Waals surface area contributed by atoms with Crippen LogP contribution in [0.2, 0.25) is 0 Å². The highest BCUT2D eigenvalue weighted by molar-refractivity contribution is 7.22. The largest absolute Gasteiger partial charge is 0.506 e. The predicted molar refractivity (Wildman–Crippen MR) is 52.9 cm³/mol. The molecule has 0 atom stereocenters. The molecule has 0 saturated heterocycles. The summed E-state index contributed by atoms with van der Waals surface area (Å²) in [5.41, 5.74) is 0.0590. The quantitative estimate of drug-likeness (QED) is 0.699. The van der Waals surface area contributed by atoms with Crippen LogP contribution in [0, 0.1) is 5.82 Å². The maximum Gasteiger partial charge on any atom is 0.410 e. The number of amides is 1. The molecule has 0 aliphatic carbocycles. The molecule has 5 nitrogen and oxygen atoms in total. The fraction of sp³-hybridized carbons (Fsp3) is 0. The van der Waals surface area contributed by atoms with E-state index in [2.05, 4.69) is 4.98 Å². The van der Waals surface area contributed by atoms with Gasteiger partial charge in [0, 0.05) is 0 Å². The van der Waals surface area contributed by atoms with Crippen molar-refractivity contribution in [1.29, 1.82) is 0 Å². The first-order valence-corrected chi connectivity index (χ1v) is 4.67. The Balaban J connectivity index is 2.59. The number of anilines is 1. The van der Waals surface area contributed by atoms with Crippen molar-refractivity contribution >= 4 is 32.8 Å². The number of aromatic hydroxyl groups is 1. The molecule has 2 rings (SSSR count). The number of hydrogen-bond donors (Lipinski definition) is 3. The van der Waals surface area contributed by atoms with Crippen LogP contribution in [0.1, 0.15) is 0 Å². The molecule has 1 amide bonds. The Kier molecular flexibility index (Phi) is 2.16. The van der Waals surface area contributed by atoms with Gasteiger partial charge in [-0.3, -0.25) is 5.32 Å². The van der Waals surface area contributed by atoms with Crippen LogP contribution in [-0.4, -0.2) is 21.3 Å². The van der Waals surface area contributed by atoms with Crippen molar-refractivity contribution < 1.29 is 19.4 Å². The number of nitrogens with one attached hydrogen (secondary N) is 1. The molecule has 0 radical (unpaired) electrons. The average Bonchev–Trinajstić information content (AvgIpc) is 2.55. The smallest absolute Gasteiger partial charge is 0.410 e. The Bertz CT molecular complexity index is 501. The van der Waals surface area contributed by atoms with Crippen LogP contribution in [0.25, 0.3) is 10.2 Å². The van der Waals surface area contributed by atoms with Crippen molar-refractivity contribution in [2.24, 2.45) is 0 Å². The molecular weight excluding hydrogens is 223 g/mol. The van der Waals surface area contributed by atoms with Gasteiger partial charge in [0.15, 0.2) is 5.13 Å². The van der Waals surface area contributed by atoms with Crippen LogP contribution < -0.4 is 5.32 Å². The van der Waals surface area contributed by atoms with Crippen molar-refractivity contribution in [2.75, 3.05) is 5.32 Å². The van der Waals surface area contributed by atoms with E-state index in [1.165, 1.54) is 6.07 Å². The van der Waals surface area contributed by atoms with E-state index in [1.807, 2.05) is 5.32 Å². The Hall–Kier alpha value is -1.89. The number of rotatable bonds is 1. The number of carbonyl (C=O) groups is 1. The van der Waals surface area contributed by atoms with Gasteiger partial charge in [-0.2, -0.15) is 0 Å². The third-order valence-corrected chi connectivity index (χ3v) is 2.67. The summed E-state index contributed by atoms with van der Waals surface area (Å²) in [7, 11) is 0. The van der Waals surface area contributed by atoms with Crippen LogP contribution in [0.4, 0.5) is 14.3 Å². The van der Waals surface area contributed by atoms with Crippen LogP contribution in [-0.2, 0) is 0 Å². The fourth-order valence-corrected chi connectivity index (χ4v) is 1.99. The first-order valence-electron chi connectivity index (χ1n) is 3.86. The number of thiazole rings is 1. The molecule has 1 heterocycles. The summed E-state index contributed by atoms with van der Waals surface area (Å²) in [6.07, 6.45) is -1.28. The van der Waals surface area contributed by atoms with Crippen LogP contribution in [0.15, 0.2) is 12.1 Å². The second kappa shape index (κ2) is 3.35. The summed E-state index contributed by atoms with van der Waals surface area (Å²) < 4.78 is 13.3. The van der Waals surface area contributed by atoms with Gasteiger partial charge in [-0.1, -0.05) is 11.3 Å². The topological polar surface area (TPSA) is 82.5 Å². The highest BCUT2D eigenvalue weighted by Crippen LogP contribution is 2.33. The highest BCUT2D eigenvalue weighted by atomic mass is 32.1. The number of phenols is 1. The lowest BCUT2D eigenvalue weighted by molar-refractivity contribution is 0.209. The summed E-state index contributed by atoms with van der Waals surface area (Å²) >= 11 is 0.828. The molecule has 0 aliphatic rings.